The van der Waals surface area contributed by atoms with Gasteiger partial charge in [-0.1, -0.05) is 42.0 Å². The van der Waals surface area contributed by atoms with Crippen molar-refractivity contribution in [3.8, 4) is 17.0 Å². The van der Waals surface area contributed by atoms with E-state index in [0.717, 1.165) is 27.5 Å². The van der Waals surface area contributed by atoms with E-state index in [1.54, 1.807) is 11.8 Å². The molecule has 0 fully saturated rings. The number of aromatic nitrogens is 1. The van der Waals surface area contributed by atoms with Crippen LogP contribution in [-0.4, -0.2) is 11.2 Å². The minimum Gasteiger partial charge on any atom is -0.488 e. The van der Waals surface area contributed by atoms with E-state index in [2.05, 4.69) is 48.3 Å². The fourth-order valence-electron chi connectivity index (χ4n) is 2.23. The van der Waals surface area contributed by atoms with Gasteiger partial charge in [-0.15, -0.1) is 11.8 Å². The Morgan fingerprint density at radius 3 is 2.57 bits per heavy atom. The van der Waals surface area contributed by atoms with Crippen LogP contribution in [0.1, 0.15) is 11.1 Å². The summed E-state index contributed by atoms with van der Waals surface area (Å²) >= 11 is 1.68. The molecule has 1 aromatic heterocycles. The zero-order valence-electron chi connectivity index (χ0n) is 13.2. The highest BCUT2D eigenvalue weighted by Gasteiger charge is 2.04. The number of benzene rings is 2. The molecule has 0 unspecified atom stereocenters. The highest BCUT2D eigenvalue weighted by molar-refractivity contribution is 7.98. The van der Waals surface area contributed by atoms with Crippen LogP contribution in [0.3, 0.4) is 0 Å². The molecule has 2 nitrogen and oxygen atoms in total. The topological polar surface area (TPSA) is 22.1 Å². The van der Waals surface area contributed by atoms with Crippen molar-refractivity contribution >= 4 is 11.8 Å². The standard InChI is InChI=1S/C20H18NOS/c1-15-7-10-17(11-8-15)18-12-9-16(13-21-18)14-22-19-5-3-4-6-20(19)23-2/h3-11,13H,14H2,1-2H3. The van der Waals surface area contributed by atoms with E-state index in [1.165, 1.54) is 5.56 Å². The van der Waals surface area contributed by atoms with Gasteiger partial charge >= 0.3 is 0 Å². The Labute approximate surface area is 141 Å². The monoisotopic (exact) mass is 320 g/mol. The summed E-state index contributed by atoms with van der Waals surface area (Å²) in [6, 6.07) is 21.6. The summed E-state index contributed by atoms with van der Waals surface area (Å²) in [4.78, 5) is 5.63. The van der Waals surface area contributed by atoms with Crippen LogP contribution in [0.4, 0.5) is 0 Å². The molecule has 0 N–H and O–H groups in total. The second-order valence-electron chi connectivity index (χ2n) is 5.28. The molecule has 115 valence electrons. The Morgan fingerprint density at radius 1 is 1.09 bits per heavy atom. The molecule has 0 saturated heterocycles. The minimum absolute atomic E-state index is 0.495. The predicted molar refractivity (Wildman–Crippen MR) is 95.8 cm³/mol. The van der Waals surface area contributed by atoms with Crippen LogP contribution in [0.2, 0.25) is 0 Å². The van der Waals surface area contributed by atoms with E-state index < -0.39 is 0 Å². The third-order valence-corrected chi connectivity index (χ3v) is 4.32. The fraction of sp³-hybridized carbons (Fsp3) is 0.150. The lowest BCUT2D eigenvalue weighted by molar-refractivity contribution is 0.298. The number of hydrogen-bond acceptors (Lipinski definition) is 3. The van der Waals surface area contributed by atoms with Gasteiger partial charge in [-0.3, -0.25) is 4.98 Å². The SMILES string of the molecule is CSc1ccccc1OCc1c[c]c(-c2ccc(C)cc2)nc1. The first-order valence-corrected chi connectivity index (χ1v) is 8.68. The van der Waals surface area contributed by atoms with Crippen LogP contribution in [0.5, 0.6) is 5.75 Å². The van der Waals surface area contributed by atoms with Crippen molar-refractivity contribution in [3.63, 3.8) is 0 Å². The van der Waals surface area contributed by atoms with Crippen LogP contribution >= 0.6 is 11.8 Å². The van der Waals surface area contributed by atoms with Crippen molar-refractivity contribution in [2.24, 2.45) is 0 Å². The second kappa shape index (κ2) is 7.34. The van der Waals surface area contributed by atoms with Gasteiger partial charge in [0.25, 0.3) is 0 Å². The Bertz CT molecular complexity index is 766. The Kier molecular flexibility index (Phi) is 4.99. The summed E-state index contributed by atoms with van der Waals surface area (Å²) in [5.74, 6) is 0.905. The Morgan fingerprint density at radius 2 is 1.87 bits per heavy atom. The molecule has 0 atom stereocenters. The molecule has 1 radical (unpaired) electrons. The number of nitrogens with zero attached hydrogens (tertiary/aromatic N) is 1. The van der Waals surface area contributed by atoms with Gasteiger partial charge in [0.15, 0.2) is 0 Å². The number of thioether (sulfide) groups is 1. The van der Waals surface area contributed by atoms with Crippen LogP contribution < -0.4 is 4.74 Å². The molecule has 0 aliphatic carbocycles. The van der Waals surface area contributed by atoms with Crippen LogP contribution in [0, 0.1) is 13.0 Å². The first kappa shape index (κ1) is 15.6. The normalized spacial score (nSPS) is 10.5. The molecule has 0 bridgehead atoms. The van der Waals surface area contributed by atoms with Crippen LogP contribution in [0.25, 0.3) is 11.3 Å². The van der Waals surface area contributed by atoms with Gasteiger partial charge in [0.1, 0.15) is 12.4 Å². The number of para-hydroxylation sites is 1. The van der Waals surface area contributed by atoms with Crippen molar-refractivity contribution in [3.05, 3.63) is 78.0 Å². The third kappa shape index (κ3) is 3.93. The van der Waals surface area contributed by atoms with Crippen molar-refractivity contribution in [1.82, 2.24) is 4.98 Å². The summed E-state index contributed by atoms with van der Waals surface area (Å²) in [7, 11) is 0. The number of hydrogen-bond donors (Lipinski definition) is 0. The Hall–Kier alpha value is -2.26. The molecule has 23 heavy (non-hydrogen) atoms. The van der Waals surface area contributed by atoms with Gasteiger partial charge in [0, 0.05) is 28.3 Å². The molecule has 0 spiro atoms. The smallest absolute Gasteiger partial charge is 0.133 e. The maximum atomic E-state index is 5.89. The summed E-state index contributed by atoms with van der Waals surface area (Å²) in [5.41, 5.74) is 4.19. The summed E-state index contributed by atoms with van der Waals surface area (Å²) in [5, 5.41) is 0. The lowest BCUT2D eigenvalue weighted by Crippen LogP contribution is -1.97. The number of ether oxygens (including phenoxy) is 1. The quantitative estimate of drug-likeness (QED) is 0.606. The van der Waals surface area contributed by atoms with Gasteiger partial charge in [0.05, 0.1) is 5.69 Å². The largest absolute Gasteiger partial charge is 0.488 e. The zero-order valence-corrected chi connectivity index (χ0v) is 14.1. The fourth-order valence-corrected chi connectivity index (χ4v) is 2.77. The van der Waals surface area contributed by atoms with Gasteiger partial charge in [-0.05, 0) is 31.4 Å². The third-order valence-electron chi connectivity index (χ3n) is 3.54. The zero-order chi connectivity index (χ0) is 16.1. The van der Waals surface area contributed by atoms with E-state index in [4.69, 9.17) is 4.74 Å². The van der Waals surface area contributed by atoms with E-state index in [1.807, 2.05) is 36.7 Å². The molecule has 0 aliphatic rings. The first-order valence-electron chi connectivity index (χ1n) is 7.46. The van der Waals surface area contributed by atoms with Gasteiger partial charge in [-0.25, -0.2) is 0 Å². The molecule has 3 aromatic rings. The molecular formula is C20H18NOS. The van der Waals surface area contributed by atoms with Crippen molar-refractivity contribution in [1.29, 1.82) is 0 Å². The van der Waals surface area contributed by atoms with E-state index in [0.29, 0.717) is 6.61 Å². The molecule has 1 heterocycles. The summed E-state index contributed by atoms with van der Waals surface area (Å²) in [6.07, 6.45) is 3.90. The van der Waals surface area contributed by atoms with Crippen molar-refractivity contribution in [2.45, 2.75) is 18.4 Å². The van der Waals surface area contributed by atoms with Crippen LogP contribution in [-0.2, 0) is 6.61 Å². The summed E-state index contributed by atoms with van der Waals surface area (Å²) in [6.45, 7) is 2.57. The van der Waals surface area contributed by atoms with Crippen molar-refractivity contribution < 1.29 is 4.74 Å². The van der Waals surface area contributed by atoms with Gasteiger partial charge in [-0.2, -0.15) is 0 Å². The number of pyridine rings is 1. The van der Waals surface area contributed by atoms with Crippen molar-refractivity contribution in [2.75, 3.05) is 6.26 Å². The first-order chi connectivity index (χ1) is 11.3. The molecule has 0 saturated carbocycles. The van der Waals surface area contributed by atoms with E-state index >= 15 is 0 Å². The van der Waals surface area contributed by atoms with E-state index in [9.17, 15) is 0 Å². The molecule has 3 heteroatoms. The maximum Gasteiger partial charge on any atom is 0.133 e. The van der Waals surface area contributed by atoms with Crippen LogP contribution in [0.15, 0.2) is 65.7 Å². The number of rotatable bonds is 5. The molecule has 3 rings (SSSR count). The predicted octanol–water partition coefficient (Wildman–Crippen LogP) is 5.16. The van der Waals surface area contributed by atoms with E-state index in [-0.39, 0.29) is 0 Å². The molecule has 2 aromatic carbocycles. The maximum absolute atomic E-state index is 5.89. The van der Waals surface area contributed by atoms with Gasteiger partial charge < -0.3 is 4.74 Å². The Balaban J connectivity index is 1.69. The highest BCUT2D eigenvalue weighted by atomic mass is 32.2. The van der Waals surface area contributed by atoms with Gasteiger partial charge in [0.2, 0.25) is 0 Å². The average molecular weight is 320 g/mol. The lowest BCUT2D eigenvalue weighted by atomic mass is 10.1. The minimum atomic E-state index is 0.495. The number of aryl methyl sites for hydroxylation is 1. The molecular weight excluding hydrogens is 302 g/mol. The average Bonchev–Trinajstić information content (AvgIpc) is 2.61. The molecule has 0 aliphatic heterocycles. The summed E-state index contributed by atoms with van der Waals surface area (Å²) < 4.78 is 5.89. The molecule has 0 amide bonds. The highest BCUT2D eigenvalue weighted by Crippen LogP contribution is 2.27. The second-order valence-corrected chi connectivity index (χ2v) is 6.12. The lowest BCUT2D eigenvalue weighted by Gasteiger charge is -2.10.